The standard InChI is InChI=1S/C13H11Cl2N3OS/c14-3-1-2-9-8-10-11(20-9)12(17-13(15)16-10)18-4-6-19-7-5-18/h8H,3-7H2. The van der Waals surface area contributed by atoms with Gasteiger partial charge in [0.1, 0.15) is 0 Å². The van der Waals surface area contributed by atoms with Crippen molar-refractivity contribution < 1.29 is 4.74 Å². The van der Waals surface area contributed by atoms with Crippen molar-refractivity contribution in [3.8, 4) is 11.8 Å². The minimum atomic E-state index is 0.258. The lowest BCUT2D eigenvalue weighted by Gasteiger charge is -2.28. The molecule has 4 nitrogen and oxygen atoms in total. The molecule has 0 radical (unpaired) electrons. The number of morpholine rings is 1. The van der Waals surface area contributed by atoms with E-state index in [1.807, 2.05) is 6.07 Å². The summed E-state index contributed by atoms with van der Waals surface area (Å²) in [5.74, 6) is 7.05. The monoisotopic (exact) mass is 327 g/mol. The lowest BCUT2D eigenvalue weighted by molar-refractivity contribution is 0.122. The van der Waals surface area contributed by atoms with Crippen molar-refractivity contribution in [1.82, 2.24) is 9.97 Å². The lowest BCUT2D eigenvalue weighted by atomic mass is 10.3. The van der Waals surface area contributed by atoms with E-state index in [-0.39, 0.29) is 5.28 Å². The van der Waals surface area contributed by atoms with Gasteiger partial charge >= 0.3 is 0 Å². The van der Waals surface area contributed by atoms with Crippen LogP contribution < -0.4 is 4.90 Å². The topological polar surface area (TPSA) is 38.2 Å². The minimum absolute atomic E-state index is 0.258. The molecule has 104 valence electrons. The van der Waals surface area contributed by atoms with Gasteiger partial charge in [0, 0.05) is 13.1 Å². The van der Waals surface area contributed by atoms with E-state index in [9.17, 15) is 0 Å². The summed E-state index contributed by atoms with van der Waals surface area (Å²) >= 11 is 13.2. The van der Waals surface area contributed by atoms with Gasteiger partial charge in [0.2, 0.25) is 5.28 Å². The van der Waals surface area contributed by atoms with Crippen molar-refractivity contribution in [2.24, 2.45) is 0 Å². The van der Waals surface area contributed by atoms with Crippen molar-refractivity contribution in [2.75, 3.05) is 37.1 Å². The third-order valence-corrected chi connectivity index (χ3v) is 4.25. The number of rotatable bonds is 1. The minimum Gasteiger partial charge on any atom is -0.378 e. The SMILES string of the molecule is ClCC#Cc1cc2nc(Cl)nc(N3CCOCC3)c2s1. The van der Waals surface area contributed by atoms with E-state index in [1.54, 1.807) is 11.3 Å². The van der Waals surface area contributed by atoms with Crippen molar-refractivity contribution in [2.45, 2.75) is 0 Å². The van der Waals surface area contributed by atoms with E-state index < -0.39 is 0 Å². The molecule has 2 aromatic heterocycles. The third kappa shape index (κ3) is 2.84. The third-order valence-electron chi connectivity index (χ3n) is 2.92. The average molecular weight is 328 g/mol. The highest BCUT2D eigenvalue weighted by molar-refractivity contribution is 7.20. The largest absolute Gasteiger partial charge is 0.378 e. The number of hydrogen-bond acceptors (Lipinski definition) is 5. The Kier molecular flexibility index (Phi) is 4.27. The van der Waals surface area contributed by atoms with Crippen LogP contribution in [0.3, 0.4) is 0 Å². The summed E-state index contributed by atoms with van der Waals surface area (Å²) in [6.45, 7) is 3.02. The van der Waals surface area contributed by atoms with Crippen LogP contribution in [0.5, 0.6) is 0 Å². The van der Waals surface area contributed by atoms with E-state index in [4.69, 9.17) is 27.9 Å². The number of halogens is 2. The predicted octanol–water partition coefficient (Wildman–Crippen LogP) is 2.77. The van der Waals surface area contributed by atoms with E-state index in [1.165, 1.54) is 0 Å². The van der Waals surface area contributed by atoms with Crippen LogP contribution in [0.25, 0.3) is 10.2 Å². The Hall–Kier alpha value is -1.06. The van der Waals surface area contributed by atoms with Crippen molar-refractivity contribution >= 4 is 50.6 Å². The summed E-state index contributed by atoms with van der Waals surface area (Å²) in [5.41, 5.74) is 0.829. The van der Waals surface area contributed by atoms with E-state index in [2.05, 4.69) is 26.7 Å². The van der Waals surface area contributed by atoms with Crippen LogP contribution in [0.1, 0.15) is 4.88 Å². The number of nitrogens with zero attached hydrogens (tertiary/aromatic N) is 3. The second kappa shape index (κ2) is 6.15. The highest BCUT2D eigenvalue weighted by Crippen LogP contribution is 2.32. The molecule has 1 fully saturated rings. The fourth-order valence-electron chi connectivity index (χ4n) is 2.06. The molecule has 0 N–H and O–H groups in total. The molecule has 20 heavy (non-hydrogen) atoms. The number of anilines is 1. The number of alkyl halides is 1. The molecule has 1 aliphatic rings. The van der Waals surface area contributed by atoms with E-state index >= 15 is 0 Å². The van der Waals surface area contributed by atoms with Gasteiger partial charge in [-0.1, -0.05) is 11.8 Å². The molecular weight excluding hydrogens is 317 g/mol. The van der Waals surface area contributed by atoms with Gasteiger partial charge in [-0.3, -0.25) is 0 Å². The molecule has 1 aliphatic heterocycles. The predicted molar refractivity (Wildman–Crippen MR) is 83.1 cm³/mol. The molecule has 3 heterocycles. The molecule has 2 aromatic rings. The zero-order valence-corrected chi connectivity index (χ0v) is 12.9. The molecule has 0 aliphatic carbocycles. The molecule has 0 aromatic carbocycles. The van der Waals surface area contributed by atoms with Gasteiger partial charge in [-0.15, -0.1) is 22.9 Å². The van der Waals surface area contributed by atoms with Gasteiger partial charge in [0.05, 0.1) is 34.2 Å². The number of ether oxygens (including phenoxy) is 1. The summed E-state index contributed by atoms with van der Waals surface area (Å²) in [7, 11) is 0. The second-order valence-electron chi connectivity index (χ2n) is 4.18. The Morgan fingerprint density at radius 2 is 2.15 bits per heavy atom. The summed E-state index contributed by atoms with van der Waals surface area (Å²) in [6, 6.07) is 1.93. The Morgan fingerprint density at radius 1 is 1.35 bits per heavy atom. The first-order chi connectivity index (χ1) is 9.78. The zero-order valence-electron chi connectivity index (χ0n) is 10.5. The van der Waals surface area contributed by atoms with Gasteiger partial charge in [-0.2, -0.15) is 4.98 Å². The summed E-state index contributed by atoms with van der Waals surface area (Å²) in [5, 5.41) is 0.258. The quantitative estimate of drug-likeness (QED) is 0.458. The number of thiophene rings is 1. The van der Waals surface area contributed by atoms with Crippen LogP contribution in [0.15, 0.2) is 6.07 Å². The summed E-state index contributed by atoms with van der Waals surface area (Å²) in [4.78, 5) is 11.7. The average Bonchev–Trinajstić information content (AvgIpc) is 2.87. The molecule has 3 rings (SSSR count). The smallest absolute Gasteiger partial charge is 0.224 e. The first kappa shape index (κ1) is 13.9. The molecule has 1 saturated heterocycles. The molecule has 0 unspecified atom stereocenters. The van der Waals surface area contributed by atoms with E-state index in [0.717, 1.165) is 34.0 Å². The Bertz CT molecular complexity index is 686. The highest BCUT2D eigenvalue weighted by atomic mass is 35.5. The van der Waals surface area contributed by atoms with Crippen molar-refractivity contribution in [3.05, 3.63) is 16.2 Å². The Labute approximate surface area is 130 Å². The van der Waals surface area contributed by atoms with Gasteiger partial charge in [0.25, 0.3) is 0 Å². The summed E-state index contributed by atoms with van der Waals surface area (Å²) < 4.78 is 6.38. The second-order valence-corrected chi connectivity index (χ2v) is 5.83. The Morgan fingerprint density at radius 3 is 2.90 bits per heavy atom. The number of hydrogen-bond donors (Lipinski definition) is 0. The fraction of sp³-hybridized carbons (Fsp3) is 0.385. The normalized spacial score (nSPS) is 15.2. The lowest BCUT2D eigenvalue weighted by Crippen LogP contribution is -2.36. The Balaban J connectivity index is 2.07. The first-order valence-corrected chi connectivity index (χ1v) is 7.85. The van der Waals surface area contributed by atoms with Gasteiger partial charge in [-0.05, 0) is 17.7 Å². The maximum absolute atomic E-state index is 6.02. The molecule has 7 heteroatoms. The van der Waals surface area contributed by atoms with Crippen LogP contribution in [-0.4, -0.2) is 42.2 Å². The van der Waals surface area contributed by atoms with Crippen LogP contribution in [0, 0.1) is 11.8 Å². The van der Waals surface area contributed by atoms with Crippen molar-refractivity contribution in [1.29, 1.82) is 0 Å². The maximum Gasteiger partial charge on any atom is 0.224 e. The van der Waals surface area contributed by atoms with Crippen LogP contribution in [0.2, 0.25) is 5.28 Å². The molecular formula is C13H11Cl2N3OS. The van der Waals surface area contributed by atoms with Gasteiger partial charge in [0.15, 0.2) is 5.82 Å². The molecule has 0 amide bonds. The van der Waals surface area contributed by atoms with Crippen molar-refractivity contribution in [3.63, 3.8) is 0 Å². The van der Waals surface area contributed by atoms with Crippen LogP contribution >= 0.6 is 34.5 Å². The number of aromatic nitrogens is 2. The highest BCUT2D eigenvalue weighted by Gasteiger charge is 2.18. The molecule has 0 saturated carbocycles. The van der Waals surface area contributed by atoms with E-state index in [0.29, 0.717) is 19.1 Å². The number of fused-ring (bicyclic) bond motifs is 1. The molecule has 0 atom stereocenters. The zero-order chi connectivity index (χ0) is 13.9. The molecule has 0 bridgehead atoms. The fourth-order valence-corrected chi connectivity index (χ4v) is 3.29. The molecule has 0 spiro atoms. The first-order valence-electron chi connectivity index (χ1n) is 6.12. The van der Waals surface area contributed by atoms with Gasteiger partial charge in [-0.25, -0.2) is 4.98 Å². The summed E-state index contributed by atoms with van der Waals surface area (Å²) in [6.07, 6.45) is 0. The van der Waals surface area contributed by atoms with Crippen LogP contribution in [-0.2, 0) is 4.74 Å². The maximum atomic E-state index is 6.02. The van der Waals surface area contributed by atoms with Crippen LogP contribution in [0.4, 0.5) is 5.82 Å². The van der Waals surface area contributed by atoms with Gasteiger partial charge < -0.3 is 9.64 Å².